The number of nitriles is 2. The highest BCUT2D eigenvalue weighted by molar-refractivity contribution is 5.85. The van der Waals surface area contributed by atoms with Crippen molar-refractivity contribution in [1.82, 2.24) is 5.32 Å². The lowest BCUT2D eigenvalue weighted by Gasteiger charge is -2.22. The van der Waals surface area contributed by atoms with Gasteiger partial charge in [-0.15, -0.1) is 0 Å². The number of hydrogen-bond acceptors (Lipinski definition) is 3. The smallest absolute Gasteiger partial charge is 0.240 e. The summed E-state index contributed by atoms with van der Waals surface area (Å²) in [4.78, 5) is 12.1. The molecule has 0 heterocycles. The fourth-order valence-corrected chi connectivity index (χ4v) is 1.88. The lowest BCUT2D eigenvalue weighted by atomic mass is 9.83. The van der Waals surface area contributed by atoms with E-state index < -0.39 is 5.41 Å². The fraction of sp³-hybridized carbons (Fsp3) is 0.400. The summed E-state index contributed by atoms with van der Waals surface area (Å²) in [6, 6.07) is 11.2. The number of hydrogen-bond donors (Lipinski definition) is 1. The maximum Gasteiger partial charge on any atom is 0.240 e. The van der Waals surface area contributed by atoms with Crippen LogP contribution in [0.25, 0.3) is 0 Å². The van der Waals surface area contributed by atoms with Crippen molar-refractivity contribution in [3.05, 3.63) is 35.4 Å². The van der Waals surface area contributed by atoms with Gasteiger partial charge in [0.05, 0.1) is 17.7 Å². The van der Waals surface area contributed by atoms with E-state index in [-0.39, 0.29) is 5.91 Å². The van der Waals surface area contributed by atoms with Gasteiger partial charge in [-0.1, -0.05) is 26.0 Å². The average Bonchev–Trinajstić information content (AvgIpc) is 2.47. The van der Waals surface area contributed by atoms with E-state index in [1.807, 2.05) is 19.9 Å². The van der Waals surface area contributed by atoms with Crippen molar-refractivity contribution in [2.24, 2.45) is 5.41 Å². The summed E-state index contributed by atoms with van der Waals surface area (Å²) >= 11 is 0. The Hall–Kier alpha value is -2.33. The largest absolute Gasteiger partial charge is 0.351 e. The third-order valence-corrected chi connectivity index (χ3v) is 3.36. The van der Waals surface area contributed by atoms with Gasteiger partial charge in [0.2, 0.25) is 5.91 Å². The average molecular weight is 255 g/mol. The molecule has 4 heteroatoms. The molecule has 0 saturated carbocycles. The zero-order valence-electron chi connectivity index (χ0n) is 11.2. The normalized spacial score (nSPS) is 10.3. The molecular formula is C15H17N3O. The summed E-state index contributed by atoms with van der Waals surface area (Å²) in [6.45, 7) is 4.00. The van der Waals surface area contributed by atoms with Crippen LogP contribution in [0.4, 0.5) is 0 Å². The number of rotatable bonds is 5. The predicted octanol–water partition coefficient (Wildman–Crippen LogP) is 2.50. The van der Waals surface area contributed by atoms with E-state index in [1.54, 1.807) is 18.2 Å². The summed E-state index contributed by atoms with van der Waals surface area (Å²) in [5, 5.41) is 20.7. The topological polar surface area (TPSA) is 76.7 Å². The number of carbonyl (C=O) groups is 1. The molecule has 0 fully saturated rings. The van der Waals surface area contributed by atoms with Crippen molar-refractivity contribution in [3.63, 3.8) is 0 Å². The van der Waals surface area contributed by atoms with Crippen molar-refractivity contribution in [2.45, 2.75) is 33.2 Å². The quantitative estimate of drug-likeness (QED) is 0.878. The molecule has 19 heavy (non-hydrogen) atoms. The third kappa shape index (κ3) is 3.33. The molecule has 0 aliphatic heterocycles. The second-order valence-corrected chi connectivity index (χ2v) is 4.40. The Balaban J connectivity index is 2.74. The third-order valence-electron chi connectivity index (χ3n) is 3.36. The zero-order chi connectivity index (χ0) is 14.3. The second-order valence-electron chi connectivity index (χ2n) is 4.40. The molecule has 1 rings (SSSR count). The van der Waals surface area contributed by atoms with E-state index in [4.69, 9.17) is 5.26 Å². The standard InChI is InChI=1S/C15H17N3O/c1-3-15(4-2,11-17)14(19)18-10-13-7-5-6-12(8-13)9-16/h5-8H,3-4,10H2,1-2H3,(H,18,19). The zero-order valence-corrected chi connectivity index (χ0v) is 11.2. The molecule has 0 radical (unpaired) electrons. The van der Waals surface area contributed by atoms with Crippen LogP contribution in [0.1, 0.15) is 37.8 Å². The number of nitrogens with one attached hydrogen (secondary N) is 1. The number of benzene rings is 1. The Morgan fingerprint density at radius 3 is 2.53 bits per heavy atom. The first kappa shape index (κ1) is 14.7. The minimum absolute atomic E-state index is 0.248. The molecule has 0 aliphatic rings. The maximum atomic E-state index is 12.1. The van der Waals surface area contributed by atoms with Crippen LogP contribution >= 0.6 is 0 Å². The molecule has 1 amide bonds. The van der Waals surface area contributed by atoms with E-state index in [9.17, 15) is 10.1 Å². The molecule has 0 atom stereocenters. The minimum atomic E-state index is -0.952. The Bertz CT molecular complexity index is 533. The molecule has 98 valence electrons. The minimum Gasteiger partial charge on any atom is -0.351 e. The Labute approximate surface area is 113 Å². The van der Waals surface area contributed by atoms with Crippen molar-refractivity contribution in [1.29, 1.82) is 10.5 Å². The van der Waals surface area contributed by atoms with E-state index in [0.717, 1.165) is 5.56 Å². The molecule has 0 aliphatic carbocycles. The first-order chi connectivity index (χ1) is 9.11. The number of carbonyl (C=O) groups excluding carboxylic acids is 1. The number of amides is 1. The Morgan fingerprint density at radius 1 is 1.32 bits per heavy atom. The summed E-state index contributed by atoms with van der Waals surface area (Å²) in [7, 11) is 0. The van der Waals surface area contributed by atoms with E-state index in [2.05, 4.69) is 17.5 Å². The molecular weight excluding hydrogens is 238 g/mol. The van der Waals surface area contributed by atoms with E-state index in [0.29, 0.717) is 24.9 Å². The van der Waals surface area contributed by atoms with Crippen molar-refractivity contribution in [2.75, 3.05) is 0 Å². The molecule has 0 saturated heterocycles. The summed E-state index contributed by atoms with van der Waals surface area (Å²) in [5.74, 6) is -0.248. The molecule has 1 aromatic carbocycles. The molecule has 1 N–H and O–H groups in total. The molecule has 0 aromatic heterocycles. The first-order valence-corrected chi connectivity index (χ1v) is 6.30. The lowest BCUT2D eigenvalue weighted by Crippen LogP contribution is -2.39. The van der Waals surface area contributed by atoms with Crippen molar-refractivity contribution in [3.8, 4) is 12.1 Å². The summed E-state index contributed by atoms with van der Waals surface area (Å²) in [6.07, 6.45) is 0.980. The molecule has 4 nitrogen and oxygen atoms in total. The van der Waals surface area contributed by atoms with Crippen molar-refractivity contribution < 1.29 is 4.79 Å². The lowest BCUT2D eigenvalue weighted by molar-refractivity contribution is -0.128. The monoisotopic (exact) mass is 255 g/mol. The van der Waals surface area contributed by atoms with Crippen LogP contribution in [0, 0.1) is 28.1 Å². The SMILES string of the molecule is CCC(C#N)(CC)C(=O)NCc1cccc(C#N)c1. The van der Waals surface area contributed by atoms with Crippen molar-refractivity contribution >= 4 is 5.91 Å². The highest BCUT2D eigenvalue weighted by Gasteiger charge is 2.34. The van der Waals surface area contributed by atoms with Crippen LogP contribution in [0.15, 0.2) is 24.3 Å². The Kier molecular flexibility index (Phi) is 5.09. The fourth-order valence-electron chi connectivity index (χ4n) is 1.88. The van der Waals surface area contributed by atoms with Crippen LogP contribution in [0.3, 0.4) is 0 Å². The van der Waals surface area contributed by atoms with Gasteiger partial charge in [0.25, 0.3) is 0 Å². The molecule has 1 aromatic rings. The van der Waals surface area contributed by atoms with Gasteiger partial charge < -0.3 is 5.32 Å². The Morgan fingerprint density at radius 2 is 2.00 bits per heavy atom. The van der Waals surface area contributed by atoms with Crippen LogP contribution in [0.2, 0.25) is 0 Å². The van der Waals surface area contributed by atoms with Gasteiger partial charge in [-0.3, -0.25) is 4.79 Å². The van der Waals surface area contributed by atoms with Gasteiger partial charge in [-0.05, 0) is 30.5 Å². The van der Waals surface area contributed by atoms with Gasteiger partial charge in [-0.25, -0.2) is 0 Å². The molecule has 0 bridgehead atoms. The van der Waals surface area contributed by atoms with E-state index >= 15 is 0 Å². The van der Waals surface area contributed by atoms with Crippen LogP contribution in [-0.4, -0.2) is 5.91 Å². The van der Waals surface area contributed by atoms with Gasteiger partial charge in [0, 0.05) is 6.54 Å². The summed E-state index contributed by atoms with van der Waals surface area (Å²) in [5.41, 5.74) is 0.461. The van der Waals surface area contributed by atoms with Crippen LogP contribution < -0.4 is 5.32 Å². The number of nitrogens with zero attached hydrogens (tertiary/aromatic N) is 2. The highest BCUT2D eigenvalue weighted by Crippen LogP contribution is 2.25. The van der Waals surface area contributed by atoms with Gasteiger partial charge in [-0.2, -0.15) is 10.5 Å². The van der Waals surface area contributed by atoms with Gasteiger partial charge >= 0.3 is 0 Å². The molecule has 0 unspecified atom stereocenters. The van der Waals surface area contributed by atoms with Gasteiger partial charge in [0.1, 0.15) is 5.41 Å². The second kappa shape index (κ2) is 6.56. The van der Waals surface area contributed by atoms with Crippen LogP contribution in [-0.2, 0) is 11.3 Å². The van der Waals surface area contributed by atoms with E-state index in [1.165, 1.54) is 0 Å². The predicted molar refractivity (Wildman–Crippen MR) is 71.6 cm³/mol. The summed E-state index contributed by atoms with van der Waals surface area (Å²) < 4.78 is 0. The van der Waals surface area contributed by atoms with Gasteiger partial charge in [0.15, 0.2) is 0 Å². The highest BCUT2D eigenvalue weighted by atomic mass is 16.2. The first-order valence-electron chi connectivity index (χ1n) is 6.30. The maximum absolute atomic E-state index is 12.1. The van der Waals surface area contributed by atoms with Crippen LogP contribution in [0.5, 0.6) is 0 Å². The molecule has 0 spiro atoms.